The zero-order valence-electron chi connectivity index (χ0n) is 11.5. The van der Waals surface area contributed by atoms with Crippen LogP contribution in [0.1, 0.15) is 30.7 Å². The van der Waals surface area contributed by atoms with Gasteiger partial charge in [0.25, 0.3) is 0 Å². The van der Waals surface area contributed by atoms with Gasteiger partial charge in [0.1, 0.15) is 10.4 Å². The average Bonchev–Trinajstić information content (AvgIpc) is 2.82. The SMILES string of the molecule is Cc1ccc(-c2nc(C(C)(C)C(=O)O)cs2)cc1C. The second-order valence-corrected chi connectivity index (χ2v) is 6.13. The second kappa shape index (κ2) is 4.78. The molecule has 0 aliphatic rings. The van der Waals surface area contributed by atoms with Crippen molar-refractivity contribution in [3.8, 4) is 10.6 Å². The van der Waals surface area contributed by atoms with Crippen molar-refractivity contribution < 1.29 is 9.90 Å². The maximum Gasteiger partial charge on any atom is 0.315 e. The summed E-state index contributed by atoms with van der Waals surface area (Å²) in [6.07, 6.45) is 0. The molecule has 1 aromatic heterocycles. The van der Waals surface area contributed by atoms with E-state index in [4.69, 9.17) is 0 Å². The van der Waals surface area contributed by atoms with Crippen molar-refractivity contribution >= 4 is 17.3 Å². The zero-order valence-corrected chi connectivity index (χ0v) is 12.3. The van der Waals surface area contributed by atoms with Gasteiger partial charge in [0.2, 0.25) is 0 Å². The predicted octanol–water partition coefficient (Wildman–Crippen LogP) is 3.79. The Balaban J connectivity index is 2.41. The fraction of sp³-hybridized carbons (Fsp3) is 0.333. The fourth-order valence-electron chi connectivity index (χ4n) is 1.68. The summed E-state index contributed by atoms with van der Waals surface area (Å²) in [4.78, 5) is 15.7. The lowest BCUT2D eigenvalue weighted by atomic mass is 9.90. The van der Waals surface area contributed by atoms with Crippen LogP contribution in [-0.4, -0.2) is 16.1 Å². The average molecular weight is 275 g/mol. The first-order valence-electron chi connectivity index (χ1n) is 6.09. The molecule has 0 spiro atoms. The van der Waals surface area contributed by atoms with Crippen LogP contribution in [0.4, 0.5) is 0 Å². The highest BCUT2D eigenvalue weighted by atomic mass is 32.1. The van der Waals surface area contributed by atoms with Crippen molar-refractivity contribution in [2.24, 2.45) is 0 Å². The number of nitrogens with zero attached hydrogens (tertiary/aromatic N) is 1. The van der Waals surface area contributed by atoms with Gasteiger partial charge in [-0.05, 0) is 44.9 Å². The summed E-state index contributed by atoms with van der Waals surface area (Å²) in [7, 11) is 0. The van der Waals surface area contributed by atoms with Crippen LogP contribution in [0.2, 0.25) is 0 Å². The molecule has 0 unspecified atom stereocenters. The Hall–Kier alpha value is -1.68. The van der Waals surface area contributed by atoms with Crippen LogP contribution < -0.4 is 0 Å². The number of rotatable bonds is 3. The molecule has 0 aliphatic carbocycles. The van der Waals surface area contributed by atoms with Gasteiger partial charge in [-0.15, -0.1) is 11.3 Å². The lowest BCUT2D eigenvalue weighted by Crippen LogP contribution is -2.28. The van der Waals surface area contributed by atoms with Crippen LogP contribution in [0.5, 0.6) is 0 Å². The molecule has 2 rings (SSSR count). The topological polar surface area (TPSA) is 50.2 Å². The van der Waals surface area contributed by atoms with Gasteiger partial charge in [-0.2, -0.15) is 0 Å². The Morgan fingerprint density at radius 1 is 1.26 bits per heavy atom. The first-order valence-corrected chi connectivity index (χ1v) is 6.97. The van der Waals surface area contributed by atoms with E-state index in [-0.39, 0.29) is 0 Å². The maximum absolute atomic E-state index is 11.2. The van der Waals surface area contributed by atoms with E-state index < -0.39 is 11.4 Å². The third kappa shape index (κ3) is 2.54. The van der Waals surface area contributed by atoms with Gasteiger partial charge in [-0.3, -0.25) is 4.79 Å². The highest BCUT2D eigenvalue weighted by molar-refractivity contribution is 7.13. The van der Waals surface area contributed by atoms with Crippen molar-refractivity contribution in [1.29, 1.82) is 0 Å². The Kier molecular flexibility index (Phi) is 3.45. The minimum absolute atomic E-state index is 0.609. The van der Waals surface area contributed by atoms with E-state index in [0.717, 1.165) is 10.6 Å². The van der Waals surface area contributed by atoms with Crippen LogP contribution in [0.3, 0.4) is 0 Å². The van der Waals surface area contributed by atoms with Crippen molar-refractivity contribution in [3.63, 3.8) is 0 Å². The number of thiazole rings is 1. The summed E-state index contributed by atoms with van der Waals surface area (Å²) in [6.45, 7) is 7.48. The quantitative estimate of drug-likeness (QED) is 0.927. The van der Waals surface area contributed by atoms with Gasteiger partial charge in [0.15, 0.2) is 0 Å². The summed E-state index contributed by atoms with van der Waals surface area (Å²) in [6, 6.07) is 6.18. The standard InChI is InChI=1S/C15H17NO2S/c1-9-5-6-11(7-10(9)2)13-16-12(8-19-13)15(3,4)14(17)18/h5-8H,1-4H3,(H,17,18). The summed E-state index contributed by atoms with van der Waals surface area (Å²) in [5, 5.41) is 11.9. The lowest BCUT2D eigenvalue weighted by Gasteiger charge is -2.15. The van der Waals surface area contributed by atoms with Gasteiger partial charge in [0.05, 0.1) is 5.69 Å². The van der Waals surface area contributed by atoms with E-state index >= 15 is 0 Å². The molecule has 0 saturated carbocycles. The lowest BCUT2D eigenvalue weighted by molar-refractivity contribution is -0.142. The molecule has 0 atom stereocenters. The van der Waals surface area contributed by atoms with Crippen LogP contribution in [0, 0.1) is 13.8 Å². The molecule has 3 nitrogen and oxygen atoms in total. The van der Waals surface area contributed by atoms with E-state index in [9.17, 15) is 9.90 Å². The molecule has 4 heteroatoms. The summed E-state index contributed by atoms with van der Waals surface area (Å²) in [5.41, 5.74) is 3.16. The second-order valence-electron chi connectivity index (χ2n) is 5.27. The normalized spacial score (nSPS) is 11.6. The Morgan fingerprint density at radius 2 is 1.95 bits per heavy atom. The third-order valence-electron chi connectivity index (χ3n) is 3.43. The first-order chi connectivity index (χ1) is 8.82. The van der Waals surface area contributed by atoms with Crippen LogP contribution in [-0.2, 0) is 10.2 Å². The predicted molar refractivity (Wildman–Crippen MR) is 77.7 cm³/mol. The van der Waals surface area contributed by atoms with Crippen molar-refractivity contribution in [3.05, 3.63) is 40.4 Å². The minimum atomic E-state index is -0.950. The number of hydrogen-bond donors (Lipinski definition) is 1. The Labute approximate surface area is 116 Å². The van der Waals surface area contributed by atoms with E-state index in [0.29, 0.717) is 5.69 Å². The van der Waals surface area contributed by atoms with E-state index in [1.807, 2.05) is 11.4 Å². The van der Waals surface area contributed by atoms with Gasteiger partial charge >= 0.3 is 5.97 Å². The number of aryl methyl sites for hydroxylation is 2. The Bertz CT molecular complexity index is 629. The molecular formula is C15H17NO2S. The molecular weight excluding hydrogens is 258 g/mol. The van der Waals surface area contributed by atoms with Crippen LogP contribution in [0.15, 0.2) is 23.6 Å². The molecule has 1 heterocycles. The molecule has 0 radical (unpaired) electrons. The van der Waals surface area contributed by atoms with Gasteiger partial charge in [-0.25, -0.2) is 4.98 Å². The molecule has 0 saturated heterocycles. The molecule has 1 N–H and O–H groups in total. The highest BCUT2D eigenvalue weighted by Crippen LogP contribution is 2.31. The smallest absolute Gasteiger partial charge is 0.315 e. The summed E-state index contributed by atoms with van der Waals surface area (Å²) in [5.74, 6) is -0.857. The number of benzene rings is 1. The number of carboxylic acid groups (broad SMARTS) is 1. The summed E-state index contributed by atoms with van der Waals surface area (Å²) >= 11 is 1.49. The Morgan fingerprint density at radius 3 is 2.53 bits per heavy atom. The largest absolute Gasteiger partial charge is 0.481 e. The van der Waals surface area contributed by atoms with Crippen LogP contribution >= 0.6 is 11.3 Å². The maximum atomic E-state index is 11.2. The monoisotopic (exact) mass is 275 g/mol. The number of aromatic nitrogens is 1. The van der Waals surface area contributed by atoms with Crippen molar-refractivity contribution in [2.45, 2.75) is 33.1 Å². The fourth-order valence-corrected chi connectivity index (χ4v) is 2.66. The van der Waals surface area contributed by atoms with E-state index in [1.165, 1.54) is 22.5 Å². The molecule has 19 heavy (non-hydrogen) atoms. The molecule has 0 aliphatic heterocycles. The van der Waals surface area contributed by atoms with Crippen molar-refractivity contribution in [1.82, 2.24) is 4.98 Å². The molecule has 0 fully saturated rings. The molecule has 0 bridgehead atoms. The molecule has 100 valence electrons. The van der Waals surface area contributed by atoms with E-state index in [2.05, 4.69) is 31.0 Å². The van der Waals surface area contributed by atoms with Crippen molar-refractivity contribution in [2.75, 3.05) is 0 Å². The molecule has 1 aromatic carbocycles. The highest BCUT2D eigenvalue weighted by Gasteiger charge is 2.32. The minimum Gasteiger partial charge on any atom is -0.481 e. The van der Waals surface area contributed by atoms with E-state index in [1.54, 1.807) is 13.8 Å². The zero-order chi connectivity index (χ0) is 14.2. The third-order valence-corrected chi connectivity index (χ3v) is 4.32. The number of aliphatic carboxylic acids is 1. The van der Waals surface area contributed by atoms with Crippen LogP contribution in [0.25, 0.3) is 10.6 Å². The number of hydrogen-bond acceptors (Lipinski definition) is 3. The molecule has 0 amide bonds. The number of carbonyl (C=O) groups is 1. The number of carboxylic acids is 1. The van der Waals surface area contributed by atoms with Gasteiger partial charge in [0, 0.05) is 10.9 Å². The molecule has 2 aromatic rings. The summed E-state index contributed by atoms with van der Waals surface area (Å²) < 4.78 is 0. The first kappa shape index (κ1) is 13.7. The van der Waals surface area contributed by atoms with Gasteiger partial charge in [-0.1, -0.05) is 12.1 Å². The van der Waals surface area contributed by atoms with Gasteiger partial charge < -0.3 is 5.11 Å².